The molecule has 0 bridgehead atoms. The molecule has 166 valence electrons. The Morgan fingerprint density at radius 1 is 1.15 bits per heavy atom. The van der Waals surface area contributed by atoms with Crippen molar-refractivity contribution < 1.29 is 4.79 Å². The molecule has 9 heteroatoms. The number of hydrogen-bond acceptors (Lipinski definition) is 6. The highest BCUT2D eigenvalue weighted by Crippen LogP contribution is 2.20. The molecule has 0 unspecified atom stereocenters. The van der Waals surface area contributed by atoms with Crippen LogP contribution in [0, 0.1) is 18.3 Å². The summed E-state index contributed by atoms with van der Waals surface area (Å²) in [7, 11) is 1.86. The second-order valence-electron chi connectivity index (χ2n) is 7.63. The summed E-state index contributed by atoms with van der Waals surface area (Å²) < 4.78 is 3.48. The fraction of sp³-hybridized carbons (Fsp3) is 0.208. The first-order valence-electron chi connectivity index (χ1n) is 10.5. The summed E-state index contributed by atoms with van der Waals surface area (Å²) in [6, 6.07) is 16.4. The van der Waals surface area contributed by atoms with Crippen LogP contribution in [0.3, 0.4) is 0 Å². The first kappa shape index (κ1) is 21.9. The first-order chi connectivity index (χ1) is 16.0. The fourth-order valence-corrected chi connectivity index (χ4v) is 3.52. The van der Waals surface area contributed by atoms with Crippen LogP contribution in [0.5, 0.6) is 0 Å². The molecule has 3 heterocycles. The van der Waals surface area contributed by atoms with Crippen molar-refractivity contribution in [3.8, 4) is 17.2 Å². The minimum Gasteiger partial charge on any atom is -0.309 e. The normalized spacial score (nSPS) is 11.7. The van der Waals surface area contributed by atoms with E-state index in [2.05, 4.69) is 25.8 Å². The molecule has 0 aliphatic carbocycles. The standard InChI is InChI=1S/C24H24N8O/c1-17-12-21(13-25)30-32(17)11-10-26-23(18-6-4-3-5-7-18)24(33)29-22-9-8-19(14-27-22)20-15-28-31(2)16-20/h3-9,12,14-16,23,26H,10-11H2,1-2H3,(H,27,29,33)/t23-/m0/s1. The molecule has 0 saturated carbocycles. The zero-order valence-electron chi connectivity index (χ0n) is 18.4. The van der Waals surface area contributed by atoms with Crippen LogP contribution in [0.1, 0.15) is 23.0 Å². The third-order valence-corrected chi connectivity index (χ3v) is 5.22. The number of hydrogen-bond donors (Lipinski definition) is 2. The average Bonchev–Trinajstić information content (AvgIpc) is 3.43. The van der Waals surface area contributed by atoms with Crippen LogP contribution in [-0.4, -0.2) is 37.0 Å². The van der Waals surface area contributed by atoms with Gasteiger partial charge in [-0.1, -0.05) is 30.3 Å². The van der Waals surface area contributed by atoms with E-state index < -0.39 is 6.04 Å². The Hall–Kier alpha value is -4.29. The van der Waals surface area contributed by atoms with Gasteiger partial charge in [-0.25, -0.2) is 4.98 Å². The smallest absolute Gasteiger partial charge is 0.247 e. The lowest BCUT2D eigenvalue weighted by molar-refractivity contribution is -0.118. The molecule has 4 aromatic rings. The molecule has 3 aromatic heterocycles. The summed E-state index contributed by atoms with van der Waals surface area (Å²) in [4.78, 5) is 17.5. The van der Waals surface area contributed by atoms with E-state index in [1.165, 1.54) is 0 Å². The average molecular weight is 441 g/mol. The highest BCUT2D eigenvalue weighted by molar-refractivity contribution is 5.94. The number of benzene rings is 1. The predicted octanol–water partition coefficient (Wildman–Crippen LogP) is 2.83. The highest BCUT2D eigenvalue weighted by Gasteiger charge is 2.20. The zero-order valence-corrected chi connectivity index (χ0v) is 18.4. The maximum absolute atomic E-state index is 13.1. The van der Waals surface area contributed by atoms with Gasteiger partial charge >= 0.3 is 0 Å². The summed E-state index contributed by atoms with van der Waals surface area (Å²) in [5.41, 5.74) is 4.00. The molecule has 2 N–H and O–H groups in total. The van der Waals surface area contributed by atoms with Crippen LogP contribution in [-0.2, 0) is 18.4 Å². The van der Waals surface area contributed by atoms with Crippen molar-refractivity contribution in [2.24, 2.45) is 7.05 Å². The number of carbonyl (C=O) groups excluding carboxylic acids is 1. The largest absolute Gasteiger partial charge is 0.309 e. The molecule has 0 aliphatic heterocycles. The zero-order chi connectivity index (χ0) is 23.2. The molecule has 4 rings (SSSR count). The summed E-state index contributed by atoms with van der Waals surface area (Å²) in [6.07, 6.45) is 5.39. The summed E-state index contributed by atoms with van der Waals surface area (Å²) in [6.45, 7) is 2.92. The number of aryl methyl sites for hydroxylation is 2. The quantitative estimate of drug-likeness (QED) is 0.436. The molecule has 1 atom stereocenters. The van der Waals surface area contributed by atoms with E-state index in [9.17, 15) is 4.79 Å². The van der Waals surface area contributed by atoms with Gasteiger partial charge in [-0.05, 0) is 30.7 Å². The number of pyridine rings is 1. The fourth-order valence-electron chi connectivity index (χ4n) is 3.52. The van der Waals surface area contributed by atoms with E-state index in [4.69, 9.17) is 5.26 Å². The van der Waals surface area contributed by atoms with Crippen LogP contribution in [0.25, 0.3) is 11.1 Å². The van der Waals surface area contributed by atoms with Crippen molar-refractivity contribution in [1.29, 1.82) is 5.26 Å². The van der Waals surface area contributed by atoms with E-state index >= 15 is 0 Å². The lowest BCUT2D eigenvalue weighted by Gasteiger charge is -2.19. The van der Waals surface area contributed by atoms with Crippen LogP contribution in [0.2, 0.25) is 0 Å². The Bertz CT molecular complexity index is 1270. The second kappa shape index (κ2) is 9.89. The van der Waals surface area contributed by atoms with Crippen molar-refractivity contribution in [3.05, 3.63) is 84.1 Å². The van der Waals surface area contributed by atoms with Crippen molar-refractivity contribution in [3.63, 3.8) is 0 Å². The second-order valence-corrected chi connectivity index (χ2v) is 7.63. The van der Waals surface area contributed by atoms with Gasteiger partial charge in [0.1, 0.15) is 17.9 Å². The van der Waals surface area contributed by atoms with Crippen molar-refractivity contribution >= 4 is 11.7 Å². The predicted molar refractivity (Wildman–Crippen MR) is 124 cm³/mol. The minimum absolute atomic E-state index is 0.210. The molecule has 0 radical (unpaired) electrons. The van der Waals surface area contributed by atoms with E-state index in [1.807, 2.05) is 62.6 Å². The van der Waals surface area contributed by atoms with Gasteiger partial charge in [-0.15, -0.1) is 0 Å². The lowest BCUT2D eigenvalue weighted by atomic mass is 10.1. The molecule has 9 nitrogen and oxygen atoms in total. The van der Waals surface area contributed by atoms with Crippen LogP contribution >= 0.6 is 0 Å². The topological polar surface area (TPSA) is 113 Å². The third kappa shape index (κ3) is 5.31. The van der Waals surface area contributed by atoms with Gasteiger partial charge in [0.15, 0.2) is 5.69 Å². The molecule has 0 fully saturated rings. The van der Waals surface area contributed by atoms with Crippen LogP contribution < -0.4 is 10.6 Å². The number of nitrogens with zero attached hydrogens (tertiary/aromatic N) is 6. The highest BCUT2D eigenvalue weighted by atomic mass is 16.2. The maximum Gasteiger partial charge on any atom is 0.247 e. The monoisotopic (exact) mass is 440 g/mol. The minimum atomic E-state index is -0.572. The molecule has 0 spiro atoms. The number of rotatable bonds is 8. The van der Waals surface area contributed by atoms with Gasteiger partial charge in [-0.2, -0.15) is 15.5 Å². The molecule has 0 aliphatic rings. The Kier molecular flexibility index (Phi) is 6.57. The van der Waals surface area contributed by atoms with Crippen molar-refractivity contribution in [2.75, 3.05) is 11.9 Å². The summed E-state index contributed by atoms with van der Waals surface area (Å²) in [5.74, 6) is 0.259. The van der Waals surface area contributed by atoms with Gasteiger partial charge < -0.3 is 10.6 Å². The van der Waals surface area contributed by atoms with E-state index in [-0.39, 0.29) is 5.91 Å². The van der Waals surface area contributed by atoms with E-state index in [0.717, 1.165) is 22.4 Å². The molecule has 33 heavy (non-hydrogen) atoms. The summed E-state index contributed by atoms with van der Waals surface area (Å²) >= 11 is 0. The molecular formula is C24H24N8O. The van der Waals surface area contributed by atoms with E-state index in [1.54, 1.807) is 33.9 Å². The van der Waals surface area contributed by atoms with E-state index in [0.29, 0.717) is 24.6 Å². The number of nitrogens with one attached hydrogen (secondary N) is 2. The molecule has 1 aromatic carbocycles. The Labute approximate surface area is 191 Å². The SMILES string of the molecule is Cc1cc(C#N)nn1CCN[C@H](C(=O)Nc1ccc(-c2cnn(C)c2)cn1)c1ccccc1. The number of amides is 1. The van der Waals surface area contributed by atoms with Gasteiger partial charge in [0.05, 0.1) is 12.7 Å². The van der Waals surface area contributed by atoms with Crippen molar-refractivity contribution in [2.45, 2.75) is 19.5 Å². The first-order valence-corrected chi connectivity index (χ1v) is 10.5. The number of nitriles is 1. The number of anilines is 1. The van der Waals surface area contributed by atoms with Crippen LogP contribution in [0.15, 0.2) is 67.1 Å². The van der Waals surface area contributed by atoms with Gasteiger partial charge in [-0.3, -0.25) is 14.2 Å². The molecule has 1 amide bonds. The summed E-state index contributed by atoms with van der Waals surface area (Å²) in [5, 5.41) is 23.6. The van der Waals surface area contributed by atoms with Crippen molar-refractivity contribution in [1.82, 2.24) is 29.9 Å². The van der Waals surface area contributed by atoms with Gasteiger partial charge in [0.25, 0.3) is 0 Å². The Balaban J connectivity index is 1.44. The lowest BCUT2D eigenvalue weighted by Crippen LogP contribution is -2.35. The Morgan fingerprint density at radius 3 is 2.61 bits per heavy atom. The van der Waals surface area contributed by atoms with Gasteiger partial charge in [0, 0.05) is 42.8 Å². The molecule has 0 saturated heterocycles. The van der Waals surface area contributed by atoms with Gasteiger partial charge in [0.2, 0.25) is 5.91 Å². The molecular weight excluding hydrogens is 416 g/mol. The maximum atomic E-state index is 13.1. The number of aromatic nitrogens is 5. The van der Waals surface area contributed by atoms with Crippen LogP contribution in [0.4, 0.5) is 5.82 Å². The third-order valence-electron chi connectivity index (χ3n) is 5.22. The Morgan fingerprint density at radius 2 is 1.97 bits per heavy atom. The number of carbonyl (C=O) groups is 1.